The van der Waals surface area contributed by atoms with E-state index in [9.17, 15) is 4.79 Å². The number of carbonyl (C=O) groups is 1. The fraction of sp³-hybridized carbons (Fsp3) is 0.429. The third-order valence-corrected chi connectivity index (χ3v) is 2.94. The maximum Gasteiger partial charge on any atom is 0.332 e. The van der Waals surface area contributed by atoms with Crippen LogP contribution in [0.5, 0.6) is 0 Å². The fourth-order valence-corrected chi connectivity index (χ4v) is 1.69. The summed E-state index contributed by atoms with van der Waals surface area (Å²) < 4.78 is 0. The van der Waals surface area contributed by atoms with Gasteiger partial charge in [-0.05, 0) is 38.2 Å². The molecule has 0 radical (unpaired) electrons. The van der Waals surface area contributed by atoms with Crippen molar-refractivity contribution >= 4 is 11.7 Å². The minimum Gasteiger partial charge on any atom is -0.350 e. The van der Waals surface area contributed by atoms with Crippen LogP contribution in [0.1, 0.15) is 43.7 Å². The highest BCUT2D eigenvalue weighted by atomic mass is 16.2. The van der Waals surface area contributed by atoms with Gasteiger partial charge in [0, 0.05) is 5.71 Å². The Hall–Kier alpha value is -1.84. The molecule has 0 aliphatic rings. The van der Waals surface area contributed by atoms with Gasteiger partial charge in [-0.3, -0.25) is 0 Å². The summed E-state index contributed by atoms with van der Waals surface area (Å²) in [7, 11) is 0. The predicted molar refractivity (Wildman–Crippen MR) is 74.7 cm³/mol. The Morgan fingerprint density at radius 1 is 1.39 bits per heavy atom. The van der Waals surface area contributed by atoms with E-state index in [2.05, 4.69) is 48.6 Å². The van der Waals surface area contributed by atoms with Crippen LogP contribution in [0.15, 0.2) is 29.4 Å². The van der Waals surface area contributed by atoms with Gasteiger partial charge in [0.05, 0.1) is 0 Å². The maximum atomic E-state index is 10.5. The Kier molecular flexibility index (Phi) is 5.36. The monoisotopic (exact) mass is 247 g/mol. The van der Waals surface area contributed by atoms with E-state index in [4.69, 9.17) is 5.73 Å². The third kappa shape index (κ3) is 4.99. The van der Waals surface area contributed by atoms with E-state index in [0.29, 0.717) is 5.92 Å². The van der Waals surface area contributed by atoms with Crippen molar-refractivity contribution in [3.63, 3.8) is 0 Å². The number of nitrogens with two attached hydrogens (primary N) is 1. The van der Waals surface area contributed by atoms with Crippen LogP contribution in [0.4, 0.5) is 4.79 Å². The Balaban J connectivity index is 2.45. The van der Waals surface area contributed by atoms with Gasteiger partial charge in [-0.1, -0.05) is 36.8 Å². The average molecular weight is 247 g/mol. The molecule has 2 amide bonds. The summed E-state index contributed by atoms with van der Waals surface area (Å²) in [5.41, 5.74) is 10.7. The topological polar surface area (TPSA) is 67.5 Å². The predicted octanol–water partition coefficient (Wildman–Crippen LogP) is 2.92. The van der Waals surface area contributed by atoms with Crippen LogP contribution in [0.25, 0.3) is 0 Å². The van der Waals surface area contributed by atoms with Gasteiger partial charge in [-0.2, -0.15) is 5.10 Å². The number of hydrazone groups is 1. The molecule has 4 heteroatoms. The molecule has 1 atom stereocenters. The summed E-state index contributed by atoms with van der Waals surface area (Å²) in [6.07, 6.45) is 1.84. The van der Waals surface area contributed by atoms with E-state index < -0.39 is 6.03 Å². The van der Waals surface area contributed by atoms with E-state index in [1.807, 2.05) is 6.92 Å². The quantitative estimate of drug-likeness (QED) is 0.609. The van der Waals surface area contributed by atoms with Crippen LogP contribution in [0, 0.1) is 6.92 Å². The number of rotatable bonds is 5. The number of primary amides is 1. The Morgan fingerprint density at radius 2 is 2.00 bits per heavy atom. The SMILES string of the molecule is C/C(CC[C@@H](C)c1ccc(C)cc1)=N/NC(N)=O. The van der Waals surface area contributed by atoms with Crippen molar-refractivity contribution in [1.29, 1.82) is 0 Å². The molecule has 3 N–H and O–H groups in total. The Bertz CT molecular complexity index is 423. The number of hydrogen-bond acceptors (Lipinski definition) is 2. The molecule has 0 saturated carbocycles. The normalized spacial score (nSPS) is 13.2. The van der Waals surface area contributed by atoms with Gasteiger partial charge in [0.25, 0.3) is 0 Å². The van der Waals surface area contributed by atoms with Crippen molar-refractivity contribution in [3.8, 4) is 0 Å². The molecular weight excluding hydrogens is 226 g/mol. The van der Waals surface area contributed by atoms with E-state index >= 15 is 0 Å². The van der Waals surface area contributed by atoms with Crippen molar-refractivity contribution in [3.05, 3.63) is 35.4 Å². The van der Waals surface area contributed by atoms with Gasteiger partial charge in [0.15, 0.2) is 0 Å². The lowest BCUT2D eigenvalue weighted by molar-refractivity contribution is 0.249. The number of nitrogens with one attached hydrogen (secondary N) is 1. The van der Waals surface area contributed by atoms with Crippen molar-refractivity contribution in [2.24, 2.45) is 10.8 Å². The fourth-order valence-electron chi connectivity index (χ4n) is 1.69. The smallest absolute Gasteiger partial charge is 0.332 e. The summed E-state index contributed by atoms with van der Waals surface area (Å²) in [6, 6.07) is 7.95. The average Bonchev–Trinajstić information content (AvgIpc) is 2.34. The first kappa shape index (κ1) is 14.2. The van der Waals surface area contributed by atoms with Crippen molar-refractivity contribution in [1.82, 2.24) is 5.43 Å². The lowest BCUT2D eigenvalue weighted by Crippen LogP contribution is -2.25. The first-order chi connectivity index (χ1) is 8.49. The van der Waals surface area contributed by atoms with E-state index in [1.165, 1.54) is 11.1 Å². The molecule has 1 aromatic carbocycles. The van der Waals surface area contributed by atoms with Crippen molar-refractivity contribution < 1.29 is 4.79 Å². The van der Waals surface area contributed by atoms with Crippen LogP contribution >= 0.6 is 0 Å². The maximum absolute atomic E-state index is 10.5. The molecule has 0 spiro atoms. The highest BCUT2D eigenvalue weighted by Crippen LogP contribution is 2.21. The number of urea groups is 1. The number of hydrogen-bond donors (Lipinski definition) is 2. The molecule has 0 unspecified atom stereocenters. The molecule has 0 saturated heterocycles. The second-order valence-electron chi connectivity index (χ2n) is 4.67. The van der Waals surface area contributed by atoms with Crippen LogP contribution < -0.4 is 11.2 Å². The van der Waals surface area contributed by atoms with E-state index in [0.717, 1.165) is 18.6 Å². The standard InChI is InChI=1S/C14H21N3O/c1-10-4-8-13(9-5-10)11(2)6-7-12(3)16-17-14(15)18/h4-5,8-9,11H,6-7H2,1-3H3,(H3,15,17,18)/b16-12-/t11-/m1/s1. The molecule has 98 valence electrons. The zero-order valence-corrected chi connectivity index (χ0v) is 11.2. The molecule has 4 nitrogen and oxygen atoms in total. The van der Waals surface area contributed by atoms with Gasteiger partial charge >= 0.3 is 6.03 Å². The van der Waals surface area contributed by atoms with Crippen LogP contribution in [0.2, 0.25) is 0 Å². The molecule has 0 fully saturated rings. The summed E-state index contributed by atoms with van der Waals surface area (Å²) in [5.74, 6) is 0.476. The molecule has 0 aromatic heterocycles. The summed E-state index contributed by atoms with van der Waals surface area (Å²) in [6.45, 7) is 6.16. The highest BCUT2D eigenvalue weighted by molar-refractivity contribution is 5.83. The van der Waals surface area contributed by atoms with Gasteiger partial charge < -0.3 is 5.73 Å². The second-order valence-corrected chi connectivity index (χ2v) is 4.67. The molecule has 0 heterocycles. The van der Waals surface area contributed by atoms with Crippen LogP contribution in [-0.2, 0) is 0 Å². The van der Waals surface area contributed by atoms with Crippen molar-refractivity contribution in [2.75, 3.05) is 0 Å². The number of amides is 2. The second kappa shape index (κ2) is 6.79. The van der Waals surface area contributed by atoms with Crippen LogP contribution in [0.3, 0.4) is 0 Å². The highest BCUT2D eigenvalue weighted by Gasteiger charge is 2.06. The molecule has 1 rings (SSSR count). The third-order valence-electron chi connectivity index (χ3n) is 2.94. The zero-order valence-electron chi connectivity index (χ0n) is 11.2. The van der Waals surface area contributed by atoms with Crippen LogP contribution in [-0.4, -0.2) is 11.7 Å². The first-order valence-electron chi connectivity index (χ1n) is 6.14. The molecule has 1 aromatic rings. The first-order valence-corrected chi connectivity index (χ1v) is 6.14. The minimum absolute atomic E-state index is 0.476. The molecule has 18 heavy (non-hydrogen) atoms. The summed E-state index contributed by atoms with van der Waals surface area (Å²) in [4.78, 5) is 10.5. The number of carbonyl (C=O) groups excluding carboxylic acids is 1. The Labute approximate surface area is 108 Å². The van der Waals surface area contributed by atoms with Gasteiger partial charge in [-0.15, -0.1) is 0 Å². The van der Waals surface area contributed by atoms with Gasteiger partial charge in [0.1, 0.15) is 0 Å². The molecular formula is C14H21N3O. The summed E-state index contributed by atoms with van der Waals surface area (Å²) >= 11 is 0. The lowest BCUT2D eigenvalue weighted by Gasteiger charge is -2.11. The number of aryl methyl sites for hydroxylation is 1. The number of benzene rings is 1. The summed E-state index contributed by atoms with van der Waals surface area (Å²) in [5, 5.41) is 3.90. The molecule has 0 aliphatic carbocycles. The minimum atomic E-state index is -0.624. The molecule has 0 aliphatic heterocycles. The molecule has 0 bridgehead atoms. The number of nitrogens with zero attached hydrogens (tertiary/aromatic N) is 1. The van der Waals surface area contributed by atoms with Gasteiger partial charge in [-0.25, -0.2) is 10.2 Å². The van der Waals surface area contributed by atoms with E-state index in [1.54, 1.807) is 0 Å². The largest absolute Gasteiger partial charge is 0.350 e. The van der Waals surface area contributed by atoms with Crippen molar-refractivity contribution in [2.45, 2.75) is 39.5 Å². The zero-order chi connectivity index (χ0) is 13.5. The Morgan fingerprint density at radius 3 is 2.56 bits per heavy atom. The van der Waals surface area contributed by atoms with Gasteiger partial charge in [0.2, 0.25) is 0 Å². The van der Waals surface area contributed by atoms with E-state index in [-0.39, 0.29) is 0 Å². The lowest BCUT2D eigenvalue weighted by atomic mass is 9.94.